The highest BCUT2D eigenvalue weighted by molar-refractivity contribution is 7.10. The van der Waals surface area contributed by atoms with Crippen molar-refractivity contribution < 1.29 is 4.79 Å². The second-order valence-corrected chi connectivity index (χ2v) is 6.34. The van der Waals surface area contributed by atoms with E-state index in [4.69, 9.17) is 11.6 Å². The molecular formula is C13H18ClNOS. The van der Waals surface area contributed by atoms with Crippen molar-refractivity contribution in [3.63, 3.8) is 0 Å². The zero-order chi connectivity index (χ0) is 12.1. The van der Waals surface area contributed by atoms with Crippen LogP contribution in [0, 0.1) is 5.92 Å². The Morgan fingerprint density at radius 1 is 1.53 bits per heavy atom. The molecule has 1 aromatic rings. The van der Waals surface area contributed by atoms with Gasteiger partial charge in [0, 0.05) is 16.8 Å². The number of alkyl halides is 1. The van der Waals surface area contributed by atoms with Gasteiger partial charge in [-0.25, -0.2) is 0 Å². The maximum absolute atomic E-state index is 11.7. The summed E-state index contributed by atoms with van der Waals surface area (Å²) in [5, 5.41) is 5.33. The molecule has 1 amide bonds. The first-order valence-electron chi connectivity index (χ1n) is 6.17. The van der Waals surface area contributed by atoms with Gasteiger partial charge in [0.25, 0.3) is 0 Å². The van der Waals surface area contributed by atoms with Gasteiger partial charge in [-0.05, 0) is 36.6 Å². The Morgan fingerprint density at radius 2 is 2.41 bits per heavy atom. The van der Waals surface area contributed by atoms with Crippen LogP contribution in [0.25, 0.3) is 0 Å². The molecule has 2 rings (SSSR count). The molecule has 94 valence electrons. The number of hydrogen-bond donors (Lipinski definition) is 1. The molecule has 1 N–H and O–H groups in total. The number of carbonyl (C=O) groups excluding carboxylic acids is 1. The molecule has 4 heteroatoms. The zero-order valence-electron chi connectivity index (χ0n) is 9.82. The number of amides is 1. The molecule has 17 heavy (non-hydrogen) atoms. The molecule has 1 heterocycles. The van der Waals surface area contributed by atoms with Crippen LogP contribution in [0.15, 0.2) is 17.5 Å². The summed E-state index contributed by atoms with van der Waals surface area (Å²) in [5.74, 6) is 0.697. The van der Waals surface area contributed by atoms with E-state index in [2.05, 4.69) is 5.32 Å². The van der Waals surface area contributed by atoms with E-state index in [1.165, 1.54) is 12.8 Å². The molecule has 1 aliphatic carbocycles. The van der Waals surface area contributed by atoms with Crippen LogP contribution in [0.4, 0.5) is 0 Å². The number of rotatable bonds is 4. The minimum absolute atomic E-state index is 0.129. The van der Waals surface area contributed by atoms with E-state index in [9.17, 15) is 4.79 Å². The highest BCUT2D eigenvalue weighted by Gasteiger charge is 2.20. The number of nitrogens with one attached hydrogen (secondary N) is 1. The number of halogens is 1. The molecule has 1 saturated carbocycles. The van der Waals surface area contributed by atoms with Crippen LogP contribution < -0.4 is 5.32 Å². The predicted octanol–water partition coefficient (Wildman–Crippen LogP) is 3.20. The lowest BCUT2D eigenvalue weighted by atomic mass is 9.89. The average Bonchev–Trinajstić information content (AvgIpc) is 2.79. The molecular weight excluding hydrogens is 254 g/mol. The zero-order valence-corrected chi connectivity index (χ0v) is 11.4. The lowest BCUT2D eigenvalue weighted by molar-refractivity contribution is -0.120. The summed E-state index contributed by atoms with van der Waals surface area (Å²) >= 11 is 7.76. The maximum Gasteiger partial charge on any atom is 0.225 e. The molecule has 2 unspecified atom stereocenters. The van der Waals surface area contributed by atoms with Gasteiger partial charge in [-0.2, -0.15) is 0 Å². The largest absolute Gasteiger partial charge is 0.356 e. The molecule has 0 aliphatic heterocycles. The van der Waals surface area contributed by atoms with Crippen LogP contribution in [0.5, 0.6) is 0 Å². The lowest BCUT2D eigenvalue weighted by Crippen LogP contribution is -2.32. The quantitative estimate of drug-likeness (QED) is 0.837. The van der Waals surface area contributed by atoms with Gasteiger partial charge in [0.15, 0.2) is 0 Å². The van der Waals surface area contributed by atoms with Gasteiger partial charge in [0.1, 0.15) is 0 Å². The molecule has 0 aromatic carbocycles. The molecule has 0 spiro atoms. The lowest BCUT2D eigenvalue weighted by Gasteiger charge is -2.25. The Labute approximate surface area is 111 Å². The Balaban J connectivity index is 1.69. The average molecular weight is 272 g/mol. The highest BCUT2D eigenvalue weighted by Crippen LogP contribution is 2.27. The van der Waals surface area contributed by atoms with Gasteiger partial charge < -0.3 is 5.32 Å². The van der Waals surface area contributed by atoms with Crippen molar-refractivity contribution in [1.29, 1.82) is 0 Å². The molecule has 1 aliphatic rings. The second kappa shape index (κ2) is 6.41. The monoisotopic (exact) mass is 271 g/mol. The van der Waals surface area contributed by atoms with E-state index in [1.54, 1.807) is 11.3 Å². The first-order chi connectivity index (χ1) is 8.24. The van der Waals surface area contributed by atoms with Crippen molar-refractivity contribution in [2.75, 3.05) is 6.54 Å². The minimum Gasteiger partial charge on any atom is -0.356 e. The highest BCUT2D eigenvalue weighted by atomic mass is 35.5. The summed E-state index contributed by atoms with van der Waals surface area (Å²) in [6.45, 7) is 0.785. The minimum atomic E-state index is 0.129. The Morgan fingerprint density at radius 3 is 3.12 bits per heavy atom. The Kier molecular flexibility index (Phi) is 4.86. The van der Waals surface area contributed by atoms with Gasteiger partial charge in [-0.1, -0.05) is 12.5 Å². The SMILES string of the molecule is O=C(Cc1cccs1)NCC1CCCC(Cl)C1. The van der Waals surface area contributed by atoms with Gasteiger partial charge in [-0.15, -0.1) is 22.9 Å². The van der Waals surface area contributed by atoms with Crippen molar-refractivity contribution in [1.82, 2.24) is 5.32 Å². The Bertz CT molecular complexity index is 352. The van der Waals surface area contributed by atoms with Crippen LogP contribution >= 0.6 is 22.9 Å². The smallest absolute Gasteiger partial charge is 0.225 e. The van der Waals surface area contributed by atoms with Crippen molar-refractivity contribution >= 4 is 28.8 Å². The van der Waals surface area contributed by atoms with E-state index < -0.39 is 0 Å². The van der Waals surface area contributed by atoms with Gasteiger partial charge in [0.2, 0.25) is 5.91 Å². The number of thiophene rings is 1. The summed E-state index contributed by atoms with van der Waals surface area (Å²) in [4.78, 5) is 12.8. The first kappa shape index (κ1) is 12.9. The predicted molar refractivity (Wildman–Crippen MR) is 72.6 cm³/mol. The van der Waals surface area contributed by atoms with E-state index >= 15 is 0 Å². The summed E-state index contributed by atoms with van der Waals surface area (Å²) < 4.78 is 0. The molecule has 0 bridgehead atoms. The third-order valence-corrected chi connectivity index (χ3v) is 4.49. The van der Waals surface area contributed by atoms with Crippen molar-refractivity contribution in [2.24, 2.45) is 5.92 Å². The maximum atomic E-state index is 11.7. The third-order valence-electron chi connectivity index (χ3n) is 3.22. The van der Waals surface area contributed by atoms with Crippen molar-refractivity contribution in [3.8, 4) is 0 Å². The van der Waals surface area contributed by atoms with E-state index in [1.807, 2.05) is 17.5 Å². The van der Waals surface area contributed by atoms with Gasteiger partial charge in [-0.3, -0.25) is 4.79 Å². The van der Waals surface area contributed by atoms with E-state index in [-0.39, 0.29) is 5.91 Å². The van der Waals surface area contributed by atoms with Gasteiger partial charge in [0.05, 0.1) is 6.42 Å². The molecule has 0 radical (unpaired) electrons. The summed E-state index contributed by atoms with van der Waals surface area (Å²) in [5.41, 5.74) is 0. The third kappa shape index (κ3) is 4.32. The number of carbonyl (C=O) groups is 1. The van der Waals surface area contributed by atoms with E-state index in [0.717, 1.165) is 24.3 Å². The van der Waals surface area contributed by atoms with Crippen LogP contribution in [-0.2, 0) is 11.2 Å². The standard InChI is InChI=1S/C13H18ClNOS/c14-11-4-1-3-10(7-11)9-15-13(16)8-12-5-2-6-17-12/h2,5-6,10-11H,1,3-4,7-9H2,(H,15,16). The topological polar surface area (TPSA) is 29.1 Å². The van der Waals surface area contributed by atoms with Crippen LogP contribution in [0.2, 0.25) is 0 Å². The fourth-order valence-corrected chi connectivity index (χ4v) is 3.41. The van der Waals surface area contributed by atoms with Crippen LogP contribution in [0.3, 0.4) is 0 Å². The van der Waals surface area contributed by atoms with Crippen LogP contribution in [0.1, 0.15) is 30.6 Å². The first-order valence-corrected chi connectivity index (χ1v) is 7.49. The summed E-state index contributed by atoms with van der Waals surface area (Å²) in [6.07, 6.45) is 5.07. The van der Waals surface area contributed by atoms with E-state index in [0.29, 0.717) is 17.7 Å². The molecule has 1 fully saturated rings. The molecule has 0 saturated heterocycles. The Hall–Kier alpha value is -0.540. The van der Waals surface area contributed by atoms with Crippen molar-refractivity contribution in [2.45, 2.75) is 37.5 Å². The second-order valence-electron chi connectivity index (χ2n) is 4.69. The summed E-state index contributed by atoms with van der Waals surface area (Å²) in [7, 11) is 0. The molecule has 1 aromatic heterocycles. The summed E-state index contributed by atoms with van der Waals surface area (Å²) in [6, 6.07) is 3.98. The van der Waals surface area contributed by atoms with Crippen molar-refractivity contribution in [3.05, 3.63) is 22.4 Å². The number of hydrogen-bond acceptors (Lipinski definition) is 2. The molecule has 2 nitrogen and oxygen atoms in total. The van der Waals surface area contributed by atoms with Crippen LogP contribution in [-0.4, -0.2) is 17.8 Å². The molecule has 2 atom stereocenters. The van der Waals surface area contributed by atoms with Gasteiger partial charge >= 0.3 is 0 Å². The normalized spacial score (nSPS) is 24.5. The fraction of sp³-hybridized carbons (Fsp3) is 0.615. The fourth-order valence-electron chi connectivity index (χ4n) is 2.30.